The number of pyridine rings is 1. The summed E-state index contributed by atoms with van der Waals surface area (Å²) in [7, 11) is 4.75. The lowest BCUT2D eigenvalue weighted by atomic mass is 9.93. The Kier molecular flexibility index (Phi) is 6.30. The Labute approximate surface area is 164 Å². The van der Waals surface area contributed by atoms with Gasteiger partial charge >= 0.3 is 0 Å². The third-order valence-electron chi connectivity index (χ3n) is 6.68. The van der Waals surface area contributed by atoms with Crippen LogP contribution in [-0.2, 0) is 19.9 Å². The van der Waals surface area contributed by atoms with Crippen LogP contribution in [-0.4, -0.2) is 27.2 Å². The molecule has 3 rings (SSSR count). The molecule has 3 unspecified atom stereocenters. The fraction of sp³-hybridized carbons (Fsp3) is 0.714. The number of nitrogens with zero attached hydrogens (tertiary/aromatic N) is 2. The third-order valence-corrected chi connectivity index (χ3v) is 7.66. The average Bonchev–Trinajstić information content (AvgIpc) is 3.20. The number of carbonyl (C=O) groups is 1. The fourth-order valence-corrected chi connectivity index (χ4v) is 5.31. The van der Waals surface area contributed by atoms with Crippen molar-refractivity contribution in [3.8, 4) is 0 Å². The Morgan fingerprint density at radius 1 is 1.26 bits per heavy atom. The highest BCUT2D eigenvalue weighted by Crippen LogP contribution is 2.33. The minimum Gasteiger partial charge on any atom is -0.384 e. The first-order valence-corrected chi connectivity index (χ1v) is 11.1. The molecule has 5 nitrogen and oxygen atoms in total. The van der Waals surface area contributed by atoms with Crippen LogP contribution in [0.5, 0.6) is 0 Å². The minimum atomic E-state index is -0.173. The average molecular weight is 391 g/mol. The van der Waals surface area contributed by atoms with Gasteiger partial charge in [0.05, 0.1) is 0 Å². The van der Waals surface area contributed by atoms with Crippen molar-refractivity contribution in [2.24, 2.45) is 13.0 Å². The van der Waals surface area contributed by atoms with Gasteiger partial charge in [-0.2, -0.15) is 0 Å². The molecule has 2 aliphatic carbocycles. The van der Waals surface area contributed by atoms with Crippen LogP contribution in [0.4, 0.5) is 5.82 Å². The van der Waals surface area contributed by atoms with Crippen LogP contribution >= 0.6 is 9.24 Å². The molecular weight excluding hydrogens is 357 g/mol. The summed E-state index contributed by atoms with van der Waals surface area (Å²) in [6.07, 6.45) is 8.99. The number of hydrogen-bond donors (Lipinski definition) is 1. The van der Waals surface area contributed by atoms with E-state index in [4.69, 9.17) is 5.73 Å². The Hall–Kier alpha value is -1.35. The van der Waals surface area contributed by atoms with E-state index in [2.05, 4.69) is 23.1 Å². The second-order valence-corrected chi connectivity index (χ2v) is 8.99. The monoisotopic (exact) mass is 391 g/mol. The smallest absolute Gasteiger partial charge is 0.262 e. The van der Waals surface area contributed by atoms with Crippen molar-refractivity contribution in [3.63, 3.8) is 0 Å². The summed E-state index contributed by atoms with van der Waals surface area (Å²) in [5.74, 6) is 0.525. The molecule has 0 bridgehead atoms. The number of fused-ring (bicyclic) bond motifs is 1. The number of nitrogen functional groups attached to an aromatic ring is 1. The normalized spacial score (nSPS) is 19.6. The molecule has 1 fully saturated rings. The predicted molar refractivity (Wildman–Crippen MR) is 114 cm³/mol. The zero-order valence-electron chi connectivity index (χ0n) is 17.0. The largest absolute Gasteiger partial charge is 0.384 e. The summed E-state index contributed by atoms with van der Waals surface area (Å²) in [5.41, 5.74) is 8.24. The predicted octanol–water partition coefficient (Wildman–Crippen LogP) is 3.48. The summed E-state index contributed by atoms with van der Waals surface area (Å²) < 4.78 is 1.89. The first kappa shape index (κ1) is 20.4. The van der Waals surface area contributed by atoms with Gasteiger partial charge in [0, 0.05) is 30.1 Å². The number of nitrogens with two attached hydrogens (primary N) is 1. The van der Waals surface area contributed by atoms with Crippen molar-refractivity contribution in [1.82, 2.24) is 9.47 Å². The van der Waals surface area contributed by atoms with Crippen LogP contribution in [0.25, 0.3) is 0 Å². The first-order chi connectivity index (χ1) is 12.9. The summed E-state index contributed by atoms with van der Waals surface area (Å²) in [6, 6.07) is 0.203. The van der Waals surface area contributed by atoms with Crippen molar-refractivity contribution >= 4 is 21.0 Å². The molecule has 1 aromatic heterocycles. The Bertz CT molecular complexity index is 768. The molecule has 6 heteroatoms. The zero-order chi connectivity index (χ0) is 19.7. The Morgan fingerprint density at radius 3 is 2.52 bits per heavy atom. The molecule has 1 amide bonds. The van der Waals surface area contributed by atoms with Crippen LogP contribution in [0.2, 0.25) is 0 Å². The van der Waals surface area contributed by atoms with Gasteiger partial charge in [0.1, 0.15) is 11.4 Å². The summed E-state index contributed by atoms with van der Waals surface area (Å²) in [5, 5.41) is 0. The standard InChI is InChI=1S/C21H34N3O2P/c1-4-13(2)21(27)24(14-9-5-6-10-14)20(26)17-18(25)15-11-7-8-12-16(15)23(3)19(17)22/h13-14,21H,4-12,22,27H2,1-3H3. The topological polar surface area (TPSA) is 68.3 Å². The lowest BCUT2D eigenvalue weighted by Gasteiger charge is -2.38. The van der Waals surface area contributed by atoms with Gasteiger partial charge in [0.15, 0.2) is 5.43 Å². The molecule has 0 radical (unpaired) electrons. The van der Waals surface area contributed by atoms with Gasteiger partial charge in [-0.1, -0.05) is 33.1 Å². The SMILES string of the molecule is CCC(C)C(P)N(C(=O)c1c(N)n(C)c2c(c1=O)CCCC2)C1CCCC1. The molecule has 1 aromatic rings. The van der Waals surface area contributed by atoms with Gasteiger partial charge in [0.25, 0.3) is 5.91 Å². The van der Waals surface area contributed by atoms with E-state index in [1.807, 2.05) is 16.5 Å². The molecule has 2 N–H and O–H groups in total. The van der Waals surface area contributed by atoms with Crippen LogP contribution in [0.15, 0.2) is 4.79 Å². The molecular formula is C21H34N3O2P. The van der Waals surface area contributed by atoms with Gasteiger partial charge in [-0.15, -0.1) is 9.24 Å². The molecule has 150 valence electrons. The van der Waals surface area contributed by atoms with Gasteiger partial charge in [-0.3, -0.25) is 9.59 Å². The second kappa shape index (κ2) is 8.34. The maximum Gasteiger partial charge on any atom is 0.262 e. The zero-order valence-corrected chi connectivity index (χ0v) is 18.1. The third kappa shape index (κ3) is 3.68. The van der Waals surface area contributed by atoms with Crippen LogP contribution in [0, 0.1) is 5.92 Å². The highest BCUT2D eigenvalue weighted by molar-refractivity contribution is 7.17. The van der Waals surface area contributed by atoms with Gasteiger partial charge in [-0.05, 0) is 44.4 Å². The van der Waals surface area contributed by atoms with Crippen molar-refractivity contribution in [1.29, 1.82) is 0 Å². The maximum absolute atomic E-state index is 13.7. The Morgan fingerprint density at radius 2 is 1.89 bits per heavy atom. The minimum absolute atomic E-state index is 0.0192. The summed E-state index contributed by atoms with van der Waals surface area (Å²) in [4.78, 5) is 28.9. The van der Waals surface area contributed by atoms with Crippen molar-refractivity contribution < 1.29 is 4.79 Å². The lowest BCUT2D eigenvalue weighted by Crippen LogP contribution is -2.48. The van der Waals surface area contributed by atoms with E-state index in [1.54, 1.807) is 0 Å². The number of rotatable bonds is 5. The quantitative estimate of drug-likeness (QED) is 0.782. The second-order valence-electron chi connectivity index (χ2n) is 8.31. The van der Waals surface area contributed by atoms with Crippen LogP contribution in [0.3, 0.4) is 0 Å². The molecule has 0 saturated heterocycles. The fourth-order valence-electron chi connectivity index (χ4n) is 4.66. The maximum atomic E-state index is 13.7. The molecule has 1 heterocycles. The number of anilines is 1. The van der Waals surface area contributed by atoms with E-state index in [0.717, 1.165) is 69.0 Å². The lowest BCUT2D eigenvalue weighted by molar-refractivity contribution is 0.0609. The number of hydrogen-bond acceptors (Lipinski definition) is 3. The van der Waals surface area contributed by atoms with E-state index in [9.17, 15) is 9.59 Å². The molecule has 0 spiro atoms. The van der Waals surface area contributed by atoms with E-state index in [-0.39, 0.29) is 28.7 Å². The van der Waals surface area contributed by atoms with E-state index in [1.165, 1.54) is 0 Å². The van der Waals surface area contributed by atoms with Crippen LogP contribution < -0.4 is 11.2 Å². The van der Waals surface area contributed by atoms with Gasteiger partial charge in [-0.25, -0.2) is 0 Å². The molecule has 27 heavy (non-hydrogen) atoms. The van der Waals surface area contributed by atoms with Crippen molar-refractivity contribution in [3.05, 3.63) is 27.0 Å². The van der Waals surface area contributed by atoms with Crippen LogP contribution in [0.1, 0.15) is 80.4 Å². The molecule has 0 aromatic carbocycles. The van der Waals surface area contributed by atoms with E-state index in [0.29, 0.717) is 11.7 Å². The molecule has 3 atom stereocenters. The van der Waals surface area contributed by atoms with E-state index < -0.39 is 0 Å². The van der Waals surface area contributed by atoms with Crippen molar-refractivity contribution in [2.75, 3.05) is 5.73 Å². The molecule has 2 aliphatic rings. The highest BCUT2D eigenvalue weighted by Gasteiger charge is 2.36. The van der Waals surface area contributed by atoms with Crippen molar-refractivity contribution in [2.45, 2.75) is 83.5 Å². The van der Waals surface area contributed by atoms with Gasteiger partial charge in [0.2, 0.25) is 0 Å². The van der Waals surface area contributed by atoms with Gasteiger partial charge < -0.3 is 15.2 Å². The number of amides is 1. The number of carbonyl (C=O) groups excluding carboxylic acids is 1. The first-order valence-electron chi connectivity index (χ1n) is 10.5. The van der Waals surface area contributed by atoms with E-state index >= 15 is 0 Å². The summed E-state index contributed by atoms with van der Waals surface area (Å²) in [6.45, 7) is 4.31. The number of aromatic nitrogens is 1. The summed E-state index contributed by atoms with van der Waals surface area (Å²) >= 11 is 0. The molecule has 1 saturated carbocycles. The highest BCUT2D eigenvalue weighted by atomic mass is 31.0. The Balaban J connectivity index is 2.08. The molecule has 0 aliphatic heterocycles.